The van der Waals surface area contributed by atoms with E-state index in [-0.39, 0.29) is 32.0 Å². The minimum Gasteiger partial charge on any atom is -0.756 e. The van der Waals surface area contributed by atoms with Crippen LogP contribution in [0.1, 0.15) is 361 Å². The van der Waals surface area contributed by atoms with E-state index in [0.29, 0.717) is 17.4 Å². The minimum absolute atomic E-state index is 0.0286. The summed E-state index contributed by atoms with van der Waals surface area (Å²) in [7, 11) is 1.18. The van der Waals surface area contributed by atoms with Crippen LogP contribution in [0.25, 0.3) is 0 Å². The van der Waals surface area contributed by atoms with Crippen LogP contribution in [0.4, 0.5) is 0 Å². The smallest absolute Gasteiger partial charge is 0.306 e. The molecule has 9 nitrogen and oxygen atoms in total. The highest BCUT2D eigenvalue weighted by molar-refractivity contribution is 7.45. The standard InChI is InChI=1S/C72H138NO8P/c1-6-8-10-12-14-16-18-20-22-24-26-28-30-32-33-34-35-36-37-38-39-41-42-44-46-48-50-52-54-56-58-60-62-64-71(74)78-68-70(69-80-82(76,77)79-67-66-73(3,4)5)81-72(75)65-63-61-59-57-55-53-51-49-47-45-43-40-31-29-27-25-23-21-19-17-15-13-11-9-7-2/h19,21,24-27,70H,6-18,20,22-23,28-69H2,1-5H3/b21-19-,26-24-,27-25-. The summed E-state index contributed by atoms with van der Waals surface area (Å²) in [5.41, 5.74) is 0. The highest BCUT2D eigenvalue weighted by Crippen LogP contribution is 2.38. The summed E-state index contributed by atoms with van der Waals surface area (Å²) >= 11 is 0. The van der Waals surface area contributed by atoms with E-state index in [1.165, 1.54) is 283 Å². The molecule has 0 aromatic carbocycles. The van der Waals surface area contributed by atoms with Crippen LogP contribution in [-0.2, 0) is 32.7 Å². The Balaban J connectivity index is 3.97. The fourth-order valence-corrected chi connectivity index (χ4v) is 11.4. The number of phosphoric acid groups is 1. The van der Waals surface area contributed by atoms with Gasteiger partial charge < -0.3 is 27.9 Å². The Hall–Kier alpha value is -1.77. The van der Waals surface area contributed by atoms with Gasteiger partial charge in [0.15, 0.2) is 6.10 Å². The molecule has 0 saturated heterocycles. The fraction of sp³-hybridized carbons (Fsp3) is 0.889. The Kier molecular flexibility index (Phi) is 62.3. The normalized spacial score (nSPS) is 13.3. The van der Waals surface area contributed by atoms with Gasteiger partial charge in [-0.3, -0.25) is 14.2 Å². The average Bonchev–Trinajstić information content (AvgIpc) is 3.46. The Morgan fingerprint density at radius 3 is 0.976 bits per heavy atom. The van der Waals surface area contributed by atoms with Crippen molar-refractivity contribution < 1.29 is 42.1 Å². The molecule has 82 heavy (non-hydrogen) atoms. The Bertz CT molecular complexity index is 1480. The molecule has 0 spiro atoms. The first-order valence-electron chi connectivity index (χ1n) is 35.7. The zero-order chi connectivity index (χ0) is 59.8. The molecule has 0 bridgehead atoms. The summed E-state index contributed by atoms with van der Waals surface area (Å²) in [6.45, 7) is 4.29. The van der Waals surface area contributed by atoms with Crippen LogP contribution in [0.3, 0.4) is 0 Å². The lowest BCUT2D eigenvalue weighted by atomic mass is 10.0. The third kappa shape index (κ3) is 67.4. The maximum Gasteiger partial charge on any atom is 0.306 e. The summed E-state index contributed by atoms with van der Waals surface area (Å²) in [6, 6.07) is 0. The van der Waals surface area contributed by atoms with Crippen molar-refractivity contribution >= 4 is 19.8 Å². The van der Waals surface area contributed by atoms with Gasteiger partial charge in [0, 0.05) is 12.8 Å². The minimum atomic E-state index is -4.64. The molecule has 484 valence electrons. The first-order chi connectivity index (χ1) is 40.0. The van der Waals surface area contributed by atoms with Crippen LogP contribution in [0.15, 0.2) is 36.5 Å². The number of hydrogen-bond acceptors (Lipinski definition) is 8. The van der Waals surface area contributed by atoms with Gasteiger partial charge >= 0.3 is 11.9 Å². The summed E-state index contributed by atoms with van der Waals surface area (Å²) in [4.78, 5) is 38.1. The molecule has 0 heterocycles. The van der Waals surface area contributed by atoms with Crippen LogP contribution in [0.2, 0.25) is 0 Å². The molecule has 2 unspecified atom stereocenters. The van der Waals surface area contributed by atoms with Crippen molar-refractivity contribution in [2.24, 2.45) is 0 Å². The lowest BCUT2D eigenvalue weighted by Gasteiger charge is -2.28. The molecule has 0 aromatic heterocycles. The molecule has 0 aliphatic carbocycles. The second-order valence-corrected chi connectivity index (χ2v) is 27.0. The highest BCUT2D eigenvalue weighted by Gasteiger charge is 2.22. The van der Waals surface area contributed by atoms with Crippen LogP contribution in [0.5, 0.6) is 0 Å². The predicted octanol–water partition coefficient (Wildman–Crippen LogP) is 22.4. The van der Waals surface area contributed by atoms with Gasteiger partial charge in [-0.05, 0) is 70.6 Å². The van der Waals surface area contributed by atoms with Gasteiger partial charge in [0.25, 0.3) is 7.82 Å². The zero-order valence-corrected chi connectivity index (χ0v) is 56.1. The Morgan fingerprint density at radius 2 is 0.659 bits per heavy atom. The van der Waals surface area contributed by atoms with Gasteiger partial charge in [0.1, 0.15) is 19.8 Å². The van der Waals surface area contributed by atoms with E-state index in [2.05, 4.69) is 50.3 Å². The van der Waals surface area contributed by atoms with Crippen molar-refractivity contribution in [1.29, 1.82) is 0 Å². The van der Waals surface area contributed by atoms with Gasteiger partial charge in [-0.15, -0.1) is 0 Å². The molecule has 2 atom stereocenters. The largest absolute Gasteiger partial charge is 0.756 e. The van der Waals surface area contributed by atoms with E-state index < -0.39 is 26.5 Å². The van der Waals surface area contributed by atoms with Crippen LogP contribution < -0.4 is 4.89 Å². The molecule has 0 aliphatic heterocycles. The molecule has 0 rings (SSSR count). The molecule has 0 saturated carbocycles. The molecule has 10 heteroatoms. The van der Waals surface area contributed by atoms with Crippen molar-refractivity contribution in [3.05, 3.63) is 36.5 Å². The Labute approximate surface area is 510 Å². The number of likely N-dealkylation sites (N-methyl/N-ethyl adjacent to an activating group) is 1. The van der Waals surface area contributed by atoms with Crippen molar-refractivity contribution in [1.82, 2.24) is 0 Å². The lowest BCUT2D eigenvalue weighted by Crippen LogP contribution is -2.37. The average molecular weight is 1180 g/mol. The number of quaternary nitrogens is 1. The number of nitrogens with zero attached hydrogens (tertiary/aromatic N) is 1. The number of rotatable bonds is 67. The maximum absolute atomic E-state index is 12.9. The number of unbranched alkanes of at least 4 members (excludes halogenated alkanes) is 47. The molecular formula is C72H138NO8P. The zero-order valence-electron chi connectivity index (χ0n) is 55.2. The second kappa shape index (κ2) is 63.7. The number of hydrogen-bond donors (Lipinski definition) is 0. The summed E-state index contributed by atoms with van der Waals surface area (Å²) in [5, 5.41) is 0. The second-order valence-electron chi connectivity index (χ2n) is 25.6. The number of allylic oxidation sites excluding steroid dienone is 6. The third-order valence-corrected chi connectivity index (χ3v) is 17.1. The van der Waals surface area contributed by atoms with Crippen molar-refractivity contribution in [2.45, 2.75) is 367 Å². The number of esters is 2. The molecule has 0 fully saturated rings. The van der Waals surface area contributed by atoms with Gasteiger partial charge in [0.2, 0.25) is 0 Å². The van der Waals surface area contributed by atoms with Gasteiger partial charge in [-0.1, -0.05) is 314 Å². The summed E-state index contributed by atoms with van der Waals surface area (Å²) in [6.07, 6.45) is 80.9. The van der Waals surface area contributed by atoms with E-state index in [9.17, 15) is 19.0 Å². The Morgan fingerprint density at radius 1 is 0.378 bits per heavy atom. The van der Waals surface area contributed by atoms with Gasteiger partial charge in [-0.25, -0.2) is 0 Å². The first-order valence-corrected chi connectivity index (χ1v) is 37.2. The summed E-state index contributed by atoms with van der Waals surface area (Å²) < 4.78 is 34.3. The predicted molar refractivity (Wildman–Crippen MR) is 351 cm³/mol. The SMILES string of the molecule is CCCCCCC/C=C\C/C=C\CCCCCCCCCCCCCCCC(=O)OC(COC(=O)CCCCCCCCCCCCCCCCCCCCCCC/C=C\CCCCCCCCCC)COP(=O)([O-])OCC[N+](C)(C)C. The molecule has 0 amide bonds. The van der Waals surface area contributed by atoms with Crippen LogP contribution >= 0.6 is 7.82 Å². The third-order valence-electron chi connectivity index (χ3n) is 16.1. The maximum atomic E-state index is 12.9. The number of carbonyl (C=O) groups excluding carboxylic acids is 2. The number of ether oxygens (including phenoxy) is 2. The van der Waals surface area contributed by atoms with Crippen LogP contribution in [0, 0.1) is 0 Å². The van der Waals surface area contributed by atoms with Crippen LogP contribution in [-0.4, -0.2) is 70.0 Å². The van der Waals surface area contributed by atoms with Gasteiger partial charge in [0.05, 0.1) is 27.7 Å². The topological polar surface area (TPSA) is 111 Å². The molecule has 0 N–H and O–H groups in total. The quantitative estimate of drug-likeness (QED) is 0.0195. The first kappa shape index (κ1) is 80.2. The van der Waals surface area contributed by atoms with Gasteiger partial charge in [-0.2, -0.15) is 0 Å². The molecule has 0 radical (unpaired) electrons. The van der Waals surface area contributed by atoms with E-state index in [1.54, 1.807) is 0 Å². The molecular weight excluding hydrogens is 1040 g/mol. The molecule has 0 aromatic rings. The monoisotopic (exact) mass is 1180 g/mol. The lowest BCUT2D eigenvalue weighted by molar-refractivity contribution is -0.870. The van der Waals surface area contributed by atoms with E-state index in [4.69, 9.17) is 18.5 Å². The summed E-state index contributed by atoms with van der Waals surface area (Å²) in [5.74, 6) is -0.814. The highest BCUT2D eigenvalue weighted by atomic mass is 31.2. The van der Waals surface area contributed by atoms with Crippen molar-refractivity contribution in [2.75, 3.05) is 47.5 Å². The number of phosphoric ester groups is 1. The van der Waals surface area contributed by atoms with Crippen molar-refractivity contribution in [3.8, 4) is 0 Å². The van der Waals surface area contributed by atoms with E-state index in [1.807, 2.05) is 21.1 Å². The fourth-order valence-electron chi connectivity index (χ4n) is 10.6. The van der Waals surface area contributed by atoms with Crippen molar-refractivity contribution in [3.63, 3.8) is 0 Å². The number of carbonyl (C=O) groups is 2. The molecule has 0 aliphatic rings. The van der Waals surface area contributed by atoms with E-state index >= 15 is 0 Å². The van der Waals surface area contributed by atoms with E-state index in [0.717, 1.165) is 44.9 Å².